The minimum absolute atomic E-state index is 0.833. The van der Waals surface area contributed by atoms with Crippen molar-refractivity contribution in [3.05, 3.63) is 0 Å². The Morgan fingerprint density at radius 2 is 1.92 bits per heavy atom. The van der Waals surface area contributed by atoms with Crippen LogP contribution >= 0.6 is 0 Å². The summed E-state index contributed by atoms with van der Waals surface area (Å²) >= 11 is 0. The van der Waals surface area contributed by atoms with Crippen LogP contribution in [0, 0.1) is 17.8 Å². The third-order valence-electron chi connectivity index (χ3n) is 3.87. The van der Waals surface area contributed by atoms with E-state index in [2.05, 4.69) is 13.8 Å². The molecule has 2 unspecified atom stereocenters. The van der Waals surface area contributed by atoms with Crippen molar-refractivity contribution in [2.24, 2.45) is 23.5 Å². The second-order valence-electron chi connectivity index (χ2n) is 4.60. The van der Waals surface area contributed by atoms with Crippen molar-refractivity contribution in [1.82, 2.24) is 0 Å². The first-order valence-electron chi connectivity index (χ1n) is 6.01. The summed E-state index contributed by atoms with van der Waals surface area (Å²) in [6.45, 7) is 5.58. The van der Waals surface area contributed by atoms with Crippen molar-refractivity contribution in [2.45, 2.75) is 52.4 Å². The smallest absolute Gasteiger partial charge is 0.00488 e. The molecule has 0 aliphatic heterocycles. The van der Waals surface area contributed by atoms with Crippen molar-refractivity contribution in [3.8, 4) is 0 Å². The summed E-state index contributed by atoms with van der Waals surface area (Å²) in [5, 5.41) is 0. The first-order chi connectivity index (χ1) is 6.31. The van der Waals surface area contributed by atoms with E-state index in [9.17, 15) is 0 Å². The summed E-state index contributed by atoms with van der Waals surface area (Å²) < 4.78 is 0. The minimum atomic E-state index is 0.833. The molecule has 13 heavy (non-hydrogen) atoms. The number of rotatable bonds is 4. The zero-order valence-electron chi connectivity index (χ0n) is 9.26. The summed E-state index contributed by atoms with van der Waals surface area (Å²) in [5.74, 6) is 2.78. The average Bonchev–Trinajstić information content (AvgIpc) is 2.20. The van der Waals surface area contributed by atoms with Crippen molar-refractivity contribution < 1.29 is 0 Å². The molecule has 0 bridgehead atoms. The molecule has 0 aromatic heterocycles. The topological polar surface area (TPSA) is 26.0 Å². The van der Waals surface area contributed by atoms with Crippen LogP contribution in [0.25, 0.3) is 0 Å². The monoisotopic (exact) mass is 183 g/mol. The third-order valence-corrected chi connectivity index (χ3v) is 3.87. The number of hydrogen-bond acceptors (Lipinski definition) is 1. The normalized spacial score (nSPS) is 29.5. The summed E-state index contributed by atoms with van der Waals surface area (Å²) in [6.07, 6.45) is 8.39. The fraction of sp³-hybridized carbons (Fsp3) is 1.00. The lowest BCUT2D eigenvalue weighted by molar-refractivity contribution is 0.189. The maximum Gasteiger partial charge on any atom is -0.00488 e. The van der Waals surface area contributed by atoms with Gasteiger partial charge in [-0.05, 0) is 37.1 Å². The molecule has 1 heteroatoms. The molecule has 0 heterocycles. The first kappa shape index (κ1) is 11.0. The van der Waals surface area contributed by atoms with Gasteiger partial charge in [0.1, 0.15) is 0 Å². The molecule has 2 N–H and O–H groups in total. The van der Waals surface area contributed by atoms with E-state index in [0.717, 1.165) is 24.3 Å². The van der Waals surface area contributed by atoms with Crippen LogP contribution in [-0.4, -0.2) is 6.54 Å². The highest BCUT2D eigenvalue weighted by Gasteiger charge is 2.25. The van der Waals surface area contributed by atoms with Crippen molar-refractivity contribution in [3.63, 3.8) is 0 Å². The molecular weight excluding hydrogens is 158 g/mol. The lowest BCUT2D eigenvalue weighted by atomic mass is 9.73. The van der Waals surface area contributed by atoms with Crippen LogP contribution < -0.4 is 5.73 Å². The van der Waals surface area contributed by atoms with Crippen LogP contribution in [0.5, 0.6) is 0 Å². The molecule has 0 aromatic rings. The van der Waals surface area contributed by atoms with Gasteiger partial charge in [-0.1, -0.05) is 39.5 Å². The summed E-state index contributed by atoms with van der Waals surface area (Å²) in [6, 6.07) is 0. The molecule has 0 aromatic carbocycles. The molecule has 2 atom stereocenters. The van der Waals surface area contributed by atoms with Gasteiger partial charge in [0, 0.05) is 0 Å². The lowest BCUT2D eigenvalue weighted by Crippen LogP contribution is -2.26. The Balaban J connectivity index is 2.40. The Kier molecular flexibility index (Phi) is 4.79. The summed E-state index contributed by atoms with van der Waals surface area (Å²) in [5.41, 5.74) is 5.75. The highest BCUT2D eigenvalue weighted by Crippen LogP contribution is 2.35. The zero-order chi connectivity index (χ0) is 9.68. The molecule has 1 aliphatic carbocycles. The van der Waals surface area contributed by atoms with Crippen LogP contribution in [0.4, 0.5) is 0 Å². The van der Waals surface area contributed by atoms with E-state index in [4.69, 9.17) is 5.73 Å². The van der Waals surface area contributed by atoms with E-state index >= 15 is 0 Å². The molecule has 0 spiro atoms. The number of nitrogens with two attached hydrogens (primary N) is 1. The second-order valence-corrected chi connectivity index (χ2v) is 4.60. The predicted octanol–water partition coefficient (Wildman–Crippen LogP) is 3.19. The molecule has 0 amide bonds. The van der Waals surface area contributed by atoms with Gasteiger partial charge in [-0.25, -0.2) is 0 Å². The summed E-state index contributed by atoms with van der Waals surface area (Å²) in [4.78, 5) is 0. The van der Waals surface area contributed by atoms with Gasteiger partial charge in [0.2, 0.25) is 0 Å². The van der Waals surface area contributed by atoms with Crippen LogP contribution in [0.2, 0.25) is 0 Å². The standard InChI is InChI=1S/C12H25N/c1-3-11(4-2)12-7-5-6-10(8-12)9-13/h10-12H,3-9,13H2,1-2H3. The van der Waals surface area contributed by atoms with Gasteiger partial charge < -0.3 is 5.73 Å². The largest absolute Gasteiger partial charge is 0.330 e. The summed E-state index contributed by atoms with van der Waals surface area (Å²) in [7, 11) is 0. The van der Waals surface area contributed by atoms with Gasteiger partial charge in [-0.2, -0.15) is 0 Å². The van der Waals surface area contributed by atoms with Crippen LogP contribution in [0.1, 0.15) is 52.4 Å². The molecule has 1 nitrogen and oxygen atoms in total. The van der Waals surface area contributed by atoms with E-state index in [1.54, 1.807) is 0 Å². The molecule has 1 aliphatic rings. The molecule has 1 rings (SSSR count). The van der Waals surface area contributed by atoms with Crippen molar-refractivity contribution >= 4 is 0 Å². The Morgan fingerprint density at radius 1 is 1.23 bits per heavy atom. The quantitative estimate of drug-likeness (QED) is 0.711. The average molecular weight is 183 g/mol. The Bertz CT molecular complexity index is 129. The maximum absolute atomic E-state index is 5.75. The molecular formula is C12H25N. The lowest BCUT2D eigenvalue weighted by Gasteiger charge is -2.33. The SMILES string of the molecule is CCC(CC)C1CCCC(CN)C1. The van der Waals surface area contributed by atoms with Crippen LogP contribution in [-0.2, 0) is 0 Å². The van der Waals surface area contributed by atoms with E-state index in [0.29, 0.717) is 0 Å². The Hall–Kier alpha value is -0.0400. The van der Waals surface area contributed by atoms with Crippen molar-refractivity contribution in [1.29, 1.82) is 0 Å². The van der Waals surface area contributed by atoms with Gasteiger partial charge in [-0.3, -0.25) is 0 Å². The van der Waals surface area contributed by atoms with Crippen LogP contribution in [0.3, 0.4) is 0 Å². The second kappa shape index (κ2) is 5.64. The Labute approximate surface area is 83.1 Å². The molecule has 1 saturated carbocycles. The fourth-order valence-corrected chi connectivity index (χ4v) is 2.93. The van der Waals surface area contributed by atoms with Gasteiger partial charge >= 0.3 is 0 Å². The molecule has 0 radical (unpaired) electrons. The molecule has 0 saturated heterocycles. The third kappa shape index (κ3) is 2.98. The van der Waals surface area contributed by atoms with Crippen molar-refractivity contribution in [2.75, 3.05) is 6.54 Å². The highest BCUT2D eigenvalue weighted by atomic mass is 14.6. The van der Waals surface area contributed by atoms with E-state index in [-0.39, 0.29) is 0 Å². The first-order valence-corrected chi connectivity index (χ1v) is 6.01. The zero-order valence-corrected chi connectivity index (χ0v) is 9.26. The predicted molar refractivity (Wildman–Crippen MR) is 58.6 cm³/mol. The van der Waals surface area contributed by atoms with Gasteiger partial charge in [-0.15, -0.1) is 0 Å². The molecule has 1 fully saturated rings. The van der Waals surface area contributed by atoms with Gasteiger partial charge in [0.05, 0.1) is 0 Å². The van der Waals surface area contributed by atoms with E-state index in [1.807, 2.05) is 0 Å². The maximum atomic E-state index is 5.75. The van der Waals surface area contributed by atoms with Gasteiger partial charge in [0.15, 0.2) is 0 Å². The van der Waals surface area contributed by atoms with Gasteiger partial charge in [0.25, 0.3) is 0 Å². The number of hydrogen-bond donors (Lipinski definition) is 1. The van der Waals surface area contributed by atoms with E-state index < -0.39 is 0 Å². The fourth-order valence-electron chi connectivity index (χ4n) is 2.93. The Morgan fingerprint density at radius 3 is 2.46 bits per heavy atom. The highest BCUT2D eigenvalue weighted by molar-refractivity contribution is 4.77. The molecule has 78 valence electrons. The minimum Gasteiger partial charge on any atom is -0.330 e. The van der Waals surface area contributed by atoms with E-state index in [1.165, 1.54) is 38.5 Å². The van der Waals surface area contributed by atoms with Crippen LogP contribution in [0.15, 0.2) is 0 Å².